The predicted octanol–water partition coefficient (Wildman–Crippen LogP) is 0.346. The average molecular weight is 83.9 g/mol. The Balaban J connectivity index is 2.75. The summed E-state index contributed by atoms with van der Waals surface area (Å²) in [5, 5.41) is 8.21. The van der Waals surface area contributed by atoms with E-state index in [4.69, 9.17) is 13.0 Å². The first-order valence-corrected chi connectivity index (χ1v) is 2.17. The minimum atomic E-state index is -0.00926. The lowest BCUT2D eigenvalue weighted by Gasteiger charge is -1.98. The van der Waals surface area contributed by atoms with Gasteiger partial charge in [-0.25, -0.2) is 0 Å². The second kappa shape index (κ2) is 3.22. The Morgan fingerprint density at radius 2 is 2.33 bits per heavy atom. The second-order valence-corrected chi connectivity index (χ2v) is 1.35. The largest absolute Gasteiger partial charge is 0.397 e. The summed E-state index contributed by atoms with van der Waals surface area (Å²) in [5.74, 6) is -0.00926. The van der Waals surface area contributed by atoms with Gasteiger partial charge in [-0.1, -0.05) is 19.2 Å². The zero-order chi connectivity index (χ0) is 4.99. The molecule has 0 aromatic carbocycles. The van der Waals surface area contributed by atoms with Crippen LogP contribution in [0.25, 0.3) is 0 Å². The Kier molecular flexibility index (Phi) is 3.24. The van der Waals surface area contributed by atoms with Crippen LogP contribution in [0, 0.1) is 0 Å². The summed E-state index contributed by atoms with van der Waals surface area (Å²) < 4.78 is 0. The third-order valence-corrected chi connectivity index (χ3v) is 0.759. The van der Waals surface area contributed by atoms with Gasteiger partial charge in [0.05, 0.1) is 7.85 Å². The molecule has 0 unspecified atom stereocenters. The van der Waals surface area contributed by atoms with E-state index in [0.717, 1.165) is 6.42 Å². The molecular weight excluding hydrogens is 74.9 g/mol. The molecule has 1 nitrogen and oxygen atoms in total. The summed E-state index contributed by atoms with van der Waals surface area (Å²) >= 11 is 0. The van der Waals surface area contributed by atoms with Crippen molar-refractivity contribution in [2.75, 3.05) is 6.61 Å². The molecule has 0 amide bonds. The van der Waals surface area contributed by atoms with Crippen molar-refractivity contribution in [1.82, 2.24) is 0 Å². The van der Waals surface area contributed by atoms with Gasteiger partial charge in [-0.3, -0.25) is 0 Å². The molecule has 0 heterocycles. The normalized spacial score (nSPS) is 14.3. The summed E-state index contributed by atoms with van der Waals surface area (Å²) in [7, 11) is 5.22. The fourth-order valence-electron chi connectivity index (χ4n) is 0.129. The molecule has 1 N–H and O–H groups in total. The fourth-order valence-corrected chi connectivity index (χ4v) is 0.129. The van der Waals surface area contributed by atoms with Gasteiger partial charge in [-0.2, -0.15) is 0 Å². The number of aliphatic hydroxyl groups is 1. The fraction of sp³-hybridized carbons (Fsp3) is 1.00. The van der Waals surface area contributed by atoms with Crippen LogP contribution in [0.15, 0.2) is 0 Å². The lowest BCUT2D eigenvalue weighted by Crippen LogP contribution is -1.94. The van der Waals surface area contributed by atoms with Crippen LogP contribution < -0.4 is 0 Å². The molecule has 0 bridgehead atoms. The quantitative estimate of drug-likeness (QED) is 0.478. The van der Waals surface area contributed by atoms with Crippen LogP contribution in [0.2, 0.25) is 5.82 Å². The number of aliphatic hydroxyl groups excluding tert-OH is 1. The molecule has 2 heteroatoms. The Morgan fingerprint density at radius 3 is 2.33 bits per heavy atom. The topological polar surface area (TPSA) is 20.2 Å². The molecule has 0 fully saturated rings. The van der Waals surface area contributed by atoms with E-state index in [9.17, 15) is 0 Å². The van der Waals surface area contributed by atoms with Gasteiger partial charge < -0.3 is 5.11 Å². The zero-order valence-electron chi connectivity index (χ0n) is 4.02. The van der Waals surface area contributed by atoms with Crippen LogP contribution >= 0.6 is 0 Å². The standard InChI is InChI=1S/C4H9BO/c1-2-4(5)3-6/h4,6H,2-3H2,1H3/t4-/m0/s1. The van der Waals surface area contributed by atoms with Crippen LogP contribution in [0.5, 0.6) is 0 Å². The van der Waals surface area contributed by atoms with E-state index in [2.05, 4.69) is 0 Å². The molecule has 2 radical (unpaired) electrons. The van der Waals surface area contributed by atoms with Crippen molar-refractivity contribution in [2.24, 2.45) is 0 Å². The van der Waals surface area contributed by atoms with Crippen molar-refractivity contribution >= 4 is 7.85 Å². The molecule has 0 aliphatic carbocycles. The highest BCUT2D eigenvalue weighted by molar-refractivity contribution is 6.11. The molecule has 34 valence electrons. The van der Waals surface area contributed by atoms with Gasteiger partial charge in [0, 0.05) is 6.61 Å². The lowest BCUT2D eigenvalue weighted by atomic mass is 9.86. The molecule has 0 aliphatic heterocycles. The summed E-state index contributed by atoms with van der Waals surface area (Å²) in [6, 6.07) is 0. The van der Waals surface area contributed by atoms with Crippen molar-refractivity contribution < 1.29 is 5.11 Å². The molecule has 0 saturated heterocycles. The zero-order valence-corrected chi connectivity index (χ0v) is 4.02. The highest BCUT2D eigenvalue weighted by Gasteiger charge is 1.90. The number of hydrogen-bond donors (Lipinski definition) is 1. The highest BCUT2D eigenvalue weighted by atomic mass is 16.3. The Morgan fingerprint density at radius 1 is 1.83 bits per heavy atom. The molecule has 6 heavy (non-hydrogen) atoms. The van der Waals surface area contributed by atoms with Crippen molar-refractivity contribution in [1.29, 1.82) is 0 Å². The molecular formula is C4H9BO. The average Bonchev–Trinajstić information content (AvgIpc) is 1.65. The van der Waals surface area contributed by atoms with Crippen LogP contribution in [0.4, 0.5) is 0 Å². The van der Waals surface area contributed by atoms with Gasteiger partial charge >= 0.3 is 0 Å². The van der Waals surface area contributed by atoms with Crippen LogP contribution in [-0.2, 0) is 0 Å². The van der Waals surface area contributed by atoms with Gasteiger partial charge in [0.2, 0.25) is 0 Å². The first kappa shape index (κ1) is 6.02. The maximum Gasteiger partial charge on any atom is 0.0730 e. The molecule has 1 atom stereocenters. The van der Waals surface area contributed by atoms with E-state index in [-0.39, 0.29) is 12.4 Å². The van der Waals surface area contributed by atoms with Gasteiger partial charge in [0.1, 0.15) is 0 Å². The van der Waals surface area contributed by atoms with E-state index in [1.165, 1.54) is 0 Å². The highest BCUT2D eigenvalue weighted by Crippen LogP contribution is 1.98. The molecule has 0 aromatic heterocycles. The van der Waals surface area contributed by atoms with Crippen molar-refractivity contribution in [3.8, 4) is 0 Å². The van der Waals surface area contributed by atoms with Gasteiger partial charge in [-0.15, -0.1) is 0 Å². The maximum atomic E-state index is 8.21. The summed E-state index contributed by atoms with van der Waals surface area (Å²) in [5.41, 5.74) is 0. The number of rotatable bonds is 2. The molecule has 0 aliphatic rings. The third-order valence-electron chi connectivity index (χ3n) is 0.759. The molecule has 0 spiro atoms. The summed E-state index contributed by atoms with van der Waals surface area (Å²) in [6.07, 6.45) is 0.858. The summed E-state index contributed by atoms with van der Waals surface area (Å²) in [4.78, 5) is 0. The Bertz CT molecular complexity index is 26.7. The summed E-state index contributed by atoms with van der Waals surface area (Å²) in [6.45, 7) is 2.05. The van der Waals surface area contributed by atoms with Crippen molar-refractivity contribution in [3.63, 3.8) is 0 Å². The predicted molar refractivity (Wildman–Crippen MR) is 26.9 cm³/mol. The minimum Gasteiger partial charge on any atom is -0.397 e. The van der Waals surface area contributed by atoms with E-state index >= 15 is 0 Å². The monoisotopic (exact) mass is 84.1 g/mol. The molecule has 0 rings (SSSR count). The first-order chi connectivity index (χ1) is 2.81. The van der Waals surface area contributed by atoms with Gasteiger partial charge in [0.25, 0.3) is 0 Å². The molecule has 0 saturated carbocycles. The Labute approximate surface area is 39.8 Å². The Hall–Kier alpha value is 0.0249. The van der Waals surface area contributed by atoms with Gasteiger partial charge in [0.15, 0.2) is 0 Å². The SMILES string of the molecule is [B][C@@H](CC)CO. The van der Waals surface area contributed by atoms with E-state index in [1.807, 2.05) is 6.92 Å². The van der Waals surface area contributed by atoms with E-state index in [0.29, 0.717) is 0 Å². The molecule has 0 aromatic rings. The van der Waals surface area contributed by atoms with Crippen molar-refractivity contribution in [2.45, 2.75) is 19.2 Å². The van der Waals surface area contributed by atoms with Gasteiger partial charge in [-0.05, 0) is 0 Å². The smallest absolute Gasteiger partial charge is 0.0730 e. The van der Waals surface area contributed by atoms with Crippen LogP contribution in [0.3, 0.4) is 0 Å². The maximum absolute atomic E-state index is 8.21. The van der Waals surface area contributed by atoms with Crippen LogP contribution in [-0.4, -0.2) is 19.6 Å². The van der Waals surface area contributed by atoms with E-state index in [1.54, 1.807) is 0 Å². The lowest BCUT2D eigenvalue weighted by molar-refractivity contribution is 0.287. The second-order valence-electron chi connectivity index (χ2n) is 1.35. The number of hydrogen-bond acceptors (Lipinski definition) is 1. The minimum absolute atomic E-state index is 0.00926. The van der Waals surface area contributed by atoms with E-state index < -0.39 is 0 Å². The first-order valence-electron chi connectivity index (χ1n) is 2.17. The van der Waals surface area contributed by atoms with Crippen LogP contribution in [0.1, 0.15) is 13.3 Å². The van der Waals surface area contributed by atoms with Crippen molar-refractivity contribution in [3.05, 3.63) is 0 Å². The third kappa shape index (κ3) is 2.27.